The highest BCUT2D eigenvalue weighted by atomic mass is 15.2. The molecule has 1 atom stereocenters. The first-order valence-electron chi connectivity index (χ1n) is 14.3. The van der Waals surface area contributed by atoms with Gasteiger partial charge in [-0.3, -0.25) is 0 Å². The van der Waals surface area contributed by atoms with Gasteiger partial charge in [0.05, 0.1) is 11.0 Å². The van der Waals surface area contributed by atoms with E-state index in [9.17, 15) is 0 Å². The Bertz CT molecular complexity index is 2020. The SMILES string of the molecule is CCC(C)N(c1cccc(-n2c3ccccc3c3ccccc32)c1)c1ccc2c(c1)-c1cccc3cccc-2c13. The van der Waals surface area contributed by atoms with Crippen LogP contribution < -0.4 is 4.90 Å². The van der Waals surface area contributed by atoms with Crippen LogP contribution in [0.15, 0.2) is 127 Å². The summed E-state index contributed by atoms with van der Waals surface area (Å²) >= 11 is 0. The Morgan fingerprint density at radius 1 is 0.575 bits per heavy atom. The van der Waals surface area contributed by atoms with E-state index in [0.29, 0.717) is 6.04 Å². The van der Waals surface area contributed by atoms with Crippen molar-refractivity contribution in [3.8, 4) is 27.9 Å². The molecule has 0 saturated carbocycles. The largest absolute Gasteiger partial charge is 0.339 e. The van der Waals surface area contributed by atoms with E-state index >= 15 is 0 Å². The van der Waals surface area contributed by atoms with Gasteiger partial charge in [-0.2, -0.15) is 0 Å². The number of benzene rings is 6. The van der Waals surface area contributed by atoms with Crippen molar-refractivity contribution in [2.75, 3.05) is 4.90 Å². The van der Waals surface area contributed by atoms with E-state index in [1.165, 1.54) is 71.9 Å². The summed E-state index contributed by atoms with van der Waals surface area (Å²) in [6.45, 7) is 4.61. The second-order valence-electron chi connectivity index (χ2n) is 11.0. The van der Waals surface area contributed by atoms with Crippen LogP contribution in [0.5, 0.6) is 0 Å². The molecule has 6 aromatic carbocycles. The Hall–Kier alpha value is -4.82. The summed E-state index contributed by atoms with van der Waals surface area (Å²) < 4.78 is 2.41. The van der Waals surface area contributed by atoms with Crippen LogP contribution >= 0.6 is 0 Å². The molecule has 0 radical (unpaired) electrons. The van der Waals surface area contributed by atoms with E-state index in [1.807, 2.05) is 0 Å². The second kappa shape index (κ2) is 8.86. The molecule has 0 spiro atoms. The van der Waals surface area contributed by atoms with Crippen molar-refractivity contribution in [2.45, 2.75) is 26.3 Å². The third-order valence-corrected chi connectivity index (χ3v) is 8.74. The van der Waals surface area contributed by atoms with E-state index in [-0.39, 0.29) is 0 Å². The van der Waals surface area contributed by atoms with Crippen molar-refractivity contribution in [1.82, 2.24) is 4.57 Å². The second-order valence-corrected chi connectivity index (χ2v) is 11.0. The lowest BCUT2D eigenvalue weighted by Crippen LogP contribution is -2.27. The van der Waals surface area contributed by atoms with Gasteiger partial charge >= 0.3 is 0 Å². The van der Waals surface area contributed by atoms with E-state index in [0.717, 1.165) is 6.42 Å². The standard InChI is InChI=1S/C38H30N2/c1-3-25(2)39(29-21-22-30-33-17-8-11-26-12-9-18-34(38(26)33)35(30)24-29)27-13-10-14-28(23-27)40-36-19-6-4-15-31(36)32-16-5-7-20-37(32)40/h4-25H,3H2,1-2H3. The van der Waals surface area contributed by atoms with Gasteiger partial charge in [-0.05, 0) is 88.8 Å². The monoisotopic (exact) mass is 514 g/mol. The quantitative estimate of drug-likeness (QED) is 0.222. The normalized spacial score (nSPS) is 12.8. The fraction of sp³-hybridized carbons (Fsp3) is 0.105. The molecule has 1 aliphatic rings. The summed E-state index contributed by atoms with van der Waals surface area (Å²) in [5, 5.41) is 5.26. The van der Waals surface area contributed by atoms with Gasteiger partial charge in [0.1, 0.15) is 0 Å². The van der Waals surface area contributed by atoms with Gasteiger partial charge in [0, 0.05) is 33.9 Å². The number of fused-ring (bicyclic) bond motifs is 6. The van der Waals surface area contributed by atoms with Gasteiger partial charge < -0.3 is 9.47 Å². The Balaban J connectivity index is 1.30. The summed E-state index contributed by atoms with van der Waals surface area (Å²) in [4.78, 5) is 2.51. The van der Waals surface area contributed by atoms with Crippen LogP contribution in [0.25, 0.3) is 60.5 Å². The van der Waals surface area contributed by atoms with E-state index in [2.05, 4.69) is 151 Å². The molecule has 0 bridgehead atoms. The molecule has 2 heteroatoms. The molecule has 192 valence electrons. The summed E-state index contributed by atoms with van der Waals surface area (Å²) in [5.41, 5.74) is 11.4. The average Bonchev–Trinajstić information content (AvgIpc) is 3.52. The minimum Gasteiger partial charge on any atom is -0.339 e. The summed E-state index contributed by atoms with van der Waals surface area (Å²) in [6.07, 6.45) is 1.05. The van der Waals surface area contributed by atoms with Crippen LogP contribution in [-0.2, 0) is 0 Å². The summed E-state index contributed by atoms with van der Waals surface area (Å²) in [7, 11) is 0. The smallest absolute Gasteiger partial charge is 0.0541 e. The minimum atomic E-state index is 0.339. The first-order valence-corrected chi connectivity index (χ1v) is 14.3. The van der Waals surface area contributed by atoms with Crippen molar-refractivity contribution in [3.63, 3.8) is 0 Å². The molecule has 1 aliphatic carbocycles. The van der Waals surface area contributed by atoms with Crippen molar-refractivity contribution in [2.24, 2.45) is 0 Å². The van der Waals surface area contributed by atoms with Crippen LogP contribution in [-0.4, -0.2) is 10.6 Å². The number of para-hydroxylation sites is 2. The molecule has 2 nitrogen and oxygen atoms in total. The summed E-state index contributed by atoms with van der Waals surface area (Å²) in [5.74, 6) is 0. The fourth-order valence-corrected chi connectivity index (χ4v) is 6.75. The molecule has 0 aliphatic heterocycles. The fourth-order valence-electron chi connectivity index (χ4n) is 6.75. The molecular formula is C38H30N2. The van der Waals surface area contributed by atoms with Crippen LogP contribution in [0.3, 0.4) is 0 Å². The number of rotatable bonds is 5. The van der Waals surface area contributed by atoms with Crippen LogP contribution in [0.4, 0.5) is 11.4 Å². The van der Waals surface area contributed by atoms with E-state index < -0.39 is 0 Å². The predicted octanol–water partition coefficient (Wildman–Crippen LogP) is 10.5. The van der Waals surface area contributed by atoms with Gasteiger partial charge in [-0.25, -0.2) is 0 Å². The highest BCUT2D eigenvalue weighted by Gasteiger charge is 2.24. The topological polar surface area (TPSA) is 8.17 Å². The zero-order chi connectivity index (χ0) is 26.8. The molecule has 0 fully saturated rings. The first kappa shape index (κ1) is 23.1. The number of anilines is 2. The Labute approximate surface area is 234 Å². The molecule has 0 N–H and O–H groups in total. The Kier molecular flexibility index (Phi) is 5.12. The number of hydrogen-bond donors (Lipinski definition) is 0. The molecule has 7 aromatic rings. The van der Waals surface area contributed by atoms with Crippen LogP contribution in [0.2, 0.25) is 0 Å². The van der Waals surface area contributed by atoms with Gasteiger partial charge in [0.25, 0.3) is 0 Å². The van der Waals surface area contributed by atoms with Gasteiger partial charge in [0.2, 0.25) is 0 Å². The molecule has 0 saturated heterocycles. The van der Waals surface area contributed by atoms with Gasteiger partial charge in [0.15, 0.2) is 0 Å². The molecule has 1 aromatic heterocycles. The van der Waals surface area contributed by atoms with Gasteiger partial charge in [-0.15, -0.1) is 0 Å². The van der Waals surface area contributed by atoms with Crippen molar-refractivity contribution in [3.05, 3.63) is 127 Å². The molecule has 1 unspecified atom stereocenters. The summed E-state index contributed by atoms with van der Waals surface area (Å²) in [6, 6.07) is 47.2. The lowest BCUT2D eigenvalue weighted by atomic mass is 10.0. The Morgan fingerprint density at radius 2 is 1.20 bits per heavy atom. The number of aromatic nitrogens is 1. The molecule has 8 rings (SSSR count). The molecule has 40 heavy (non-hydrogen) atoms. The van der Waals surface area contributed by atoms with E-state index in [4.69, 9.17) is 0 Å². The highest BCUT2D eigenvalue weighted by molar-refractivity contribution is 6.15. The van der Waals surface area contributed by atoms with Gasteiger partial charge in [-0.1, -0.05) is 91.9 Å². The minimum absolute atomic E-state index is 0.339. The van der Waals surface area contributed by atoms with Crippen LogP contribution in [0, 0.1) is 0 Å². The third kappa shape index (κ3) is 3.29. The molecule has 0 amide bonds. The third-order valence-electron chi connectivity index (χ3n) is 8.74. The zero-order valence-electron chi connectivity index (χ0n) is 22.8. The predicted molar refractivity (Wildman–Crippen MR) is 171 cm³/mol. The lowest BCUT2D eigenvalue weighted by molar-refractivity contribution is 0.688. The zero-order valence-corrected chi connectivity index (χ0v) is 22.8. The van der Waals surface area contributed by atoms with E-state index in [1.54, 1.807) is 0 Å². The van der Waals surface area contributed by atoms with Crippen molar-refractivity contribution in [1.29, 1.82) is 0 Å². The number of hydrogen-bond acceptors (Lipinski definition) is 1. The molecule has 1 heterocycles. The van der Waals surface area contributed by atoms with Crippen molar-refractivity contribution >= 4 is 44.0 Å². The first-order chi connectivity index (χ1) is 19.7. The average molecular weight is 515 g/mol. The van der Waals surface area contributed by atoms with Crippen LogP contribution in [0.1, 0.15) is 20.3 Å². The highest BCUT2D eigenvalue weighted by Crippen LogP contribution is 2.49. The number of nitrogens with zero attached hydrogens (tertiary/aromatic N) is 2. The maximum Gasteiger partial charge on any atom is 0.0541 e. The molecular weight excluding hydrogens is 484 g/mol. The maximum atomic E-state index is 2.51. The Morgan fingerprint density at radius 3 is 1.90 bits per heavy atom. The maximum absolute atomic E-state index is 2.51. The van der Waals surface area contributed by atoms with Crippen molar-refractivity contribution < 1.29 is 0 Å². The lowest BCUT2D eigenvalue weighted by Gasteiger charge is -2.32.